The van der Waals surface area contributed by atoms with Crippen LogP contribution < -0.4 is 4.90 Å². The third kappa shape index (κ3) is 2.40. The van der Waals surface area contributed by atoms with Crippen molar-refractivity contribution in [2.45, 2.75) is 25.3 Å². The quantitative estimate of drug-likeness (QED) is 0.747. The highest BCUT2D eigenvalue weighted by Gasteiger charge is 2.25. The zero-order valence-electron chi connectivity index (χ0n) is 10.5. The molecule has 0 bridgehead atoms. The standard InChI is InChI=1S/C13H19N3O/c1-15(2)13-11(6-5-8-14-13)12-7-3-4-9-16(12)10-17/h5-6,8,10,12H,3-4,7,9H2,1-2H3/t12-/m0/s1. The van der Waals surface area contributed by atoms with Gasteiger partial charge in [0, 0.05) is 32.4 Å². The summed E-state index contributed by atoms with van der Waals surface area (Å²) in [5.41, 5.74) is 1.16. The molecule has 92 valence electrons. The predicted molar refractivity (Wildman–Crippen MR) is 67.9 cm³/mol. The van der Waals surface area contributed by atoms with Crippen molar-refractivity contribution in [3.05, 3.63) is 23.9 Å². The van der Waals surface area contributed by atoms with Crippen LogP contribution in [0.4, 0.5) is 5.82 Å². The van der Waals surface area contributed by atoms with Crippen molar-refractivity contribution in [3.63, 3.8) is 0 Å². The molecule has 0 aliphatic carbocycles. The van der Waals surface area contributed by atoms with Gasteiger partial charge in [-0.2, -0.15) is 0 Å². The van der Waals surface area contributed by atoms with Crippen molar-refractivity contribution in [1.29, 1.82) is 0 Å². The van der Waals surface area contributed by atoms with Crippen LogP contribution >= 0.6 is 0 Å². The fraction of sp³-hybridized carbons (Fsp3) is 0.538. The number of pyridine rings is 1. The summed E-state index contributed by atoms with van der Waals surface area (Å²) in [6, 6.07) is 4.21. The van der Waals surface area contributed by atoms with Gasteiger partial charge < -0.3 is 9.80 Å². The summed E-state index contributed by atoms with van der Waals surface area (Å²) in [4.78, 5) is 19.4. The summed E-state index contributed by atoms with van der Waals surface area (Å²) in [5.74, 6) is 0.964. The van der Waals surface area contributed by atoms with Crippen LogP contribution in [0.1, 0.15) is 30.9 Å². The Hall–Kier alpha value is -1.58. The molecule has 1 amide bonds. The second-order valence-corrected chi connectivity index (χ2v) is 4.67. The molecule has 2 heterocycles. The Labute approximate surface area is 102 Å². The van der Waals surface area contributed by atoms with Crippen LogP contribution in [0.15, 0.2) is 18.3 Å². The molecule has 4 nitrogen and oxygen atoms in total. The number of rotatable bonds is 3. The van der Waals surface area contributed by atoms with Crippen LogP contribution in [0, 0.1) is 0 Å². The molecule has 1 aromatic heterocycles. The summed E-state index contributed by atoms with van der Waals surface area (Å²) in [6.07, 6.45) is 6.08. The van der Waals surface area contributed by atoms with E-state index in [2.05, 4.69) is 11.1 Å². The van der Waals surface area contributed by atoms with Gasteiger partial charge in [0.25, 0.3) is 0 Å². The fourth-order valence-electron chi connectivity index (χ4n) is 2.46. The van der Waals surface area contributed by atoms with E-state index in [-0.39, 0.29) is 6.04 Å². The lowest BCUT2D eigenvalue weighted by Crippen LogP contribution is -2.33. The van der Waals surface area contributed by atoms with Gasteiger partial charge in [-0.05, 0) is 25.3 Å². The molecule has 0 radical (unpaired) electrons. The van der Waals surface area contributed by atoms with E-state index in [4.69, 9.17) is 0 Å². The van der Waals surface area contributed by atoms with Crippen molar-refractivity contribution in [2.75, 3.05) is 25.5 Å². The van der Waals surface area contributed by atoms with Crippen LogP contribution in [0.5, 0.6) is 0 Å². The van der Waals surface area contributed by atoms with E-state index in [0.717, 1.165) is 37.2 Å². The maximum absolute atomic E-state index is 11.1. The molecule has 17 heavy (non-hydrogen) atoms. The second-order valence-electron chi connectivity index (χ2n) is 4.67. The van der Waals surface area contributed by atoms with Crippen molar-refractivity contribution < 1.29 is 4.79 Å². The van der Waals surface area contributed by atoms with Crippen molar-refractivity contribution in [1.82, 2.24) is 9.88 Å². The Morgan fingerprint density at radius 3 is 3.00 bits per heavy atom. The molecule has 1 fully saturated rings. The van der Waals surface area contributed by atoms with Crippen LogP contribution in [-0.4, -0.2) is 36.9 Å². The molecule has 0 spiro atoms. The molecule has 1 aliphatic rings. The lowest BCUT2D eigenvalue weighted by molar-refractivity contribution is -0.121. The number of piperidine rings is 1. The number of amides is 1. The smallest absolute Gasteiger partial charge is 0.210 e. The van der Waals surface area contributed by atoms with E-state index < -0.39 is 0 Å². The monoisotopic (exact) mass is 233 g/mol. The highest BCUT2D eigenvalue weighted by Crippen LogP contribution is 2.33. The first kappa shape index (κ1) is 11.9. The molecular weight excluding hydrogens is 214 g/mol. The molecule has 0 unspecified atom stereocenters. The largest absolute Gasteiger partial charge is 0.362 e. The summed E-state index contributed by atoms with van der Waals surface area (Å²) >= 11 is 0. The topological polar surface area (TPSA) is 36.4 Å². The number of likely N-dealkylation sites (tertiary alicyclic amines) is 1. The number of hydrogen-bond donors (Lipinski definition) is 0. The molecule has 2 rings (SSSR count). The summed E-state index contributed by atoms with van der Waals surface area (Å²) in [6.45, 7) is 0.857. The normalized spacial score (nSPS) is 20.1. The molecule has 4 heteroatoms. The van der Waals surface area contributed by atoms with Gasteiger partial charge in [-0.25, -0.2) is 4.98 Å². The number of carbonyl (C=O) groups excluding carboxylic acids is 1. The zero-order valence-corrected chi connectivity index (χ0v) is 10.5. The second kappa shape index (κ2) is 5.17. The Morgan fingerprint density at radius 1 is 1.47 bits per heavy atom. The number of nitrogens with zero attached hydrogens (tertiary/aromatic N) is 3. The molecule has 0 N–H and O–H groups in total. The molecular formula is C13H19N3O. The van der Waals surface area contributed by atoms with Crippen molar-refractivity contribution in [3.8, 4) is 0 Å². The minimum Gasteiger partial charge on any atom is -0.362 e. The first-order valence-corrected chi connectivity index (χ1v) is 6.07. The molecule has 1 aliphatic heterocycles. The molecule has 1 saturated heterocycles. The Kier molecular flexibility index (Phi) is 3.61. The van der Waals surface area contributed by atoms with Crippen molar-refractivity contribution >= 4 is 12.2 Å². The number of anilines is 1. The highest BCUT2D eigenvalue weighted by atomic mass is 16.1. The van der Waals surface area contributed by atoms with Gasteiger partial charge in [0.05, 0.1) is 6.04 Å². The van der Waals surface area contributed by atoms with Crippen LogP contribution in [-0.2, 0) is 4.79 Å². The average Bonchev–Trinajstić information content (AvgIpc) is 2.38. The van der Waals surface area contributed by atoms with E-state index in [1.807, 2.05) is 30.0 Å². The Bertz CT molecular complexity index is 392. The van der Waals surface area contributed by atoms with Gasteiger partial charge >= 0.3 is 0 Å². The third-order valence-corrected chi connectivity index (χ3v) is 3.28. The molecule has 1 atom stereocenters. The van der Waals surface area contributed by atoms with Gasteiger partial charge in [0.2, 0.25) is 6.41 Å². The van der Waals surface area contributed by atoms with Gasteiger partial charge in [0.1, 0.15) is 5.82 Å². The van der Waals surface area contributed by atoms with E-state index in [1.165, 1.54) is 6.42 Å². The zero-order chi connectivity index (χ0) is 12.3. The summed E-state index contributed by atoms with van der Waals surface area (Å²) in [7, 11) is 3.97. The maximum Gasteiger partial charge on any atom is 0.210 e. The predicted octanol–water partition coefficient (Wildman–Crippen LogP) is 1.83. The number of hydrogen-bond acceptors (Lipinski definition) is 3. The average molecular weight is 233 g/mol. The van der Waals surface area contributed by atoms with Crippen LogP contribution in [0.3, 0.4) is 0 Å². The summed E-state index contributed by atoms with van der Waals surface area (Å²) < 4.78 is 0. The SMILES string of the molecule is CN(C)c1ncccc1[C@@H]1CCCCN1C=O. The van der Waals surface area contributed by atoms with Gasteiger partial charge in [0.15, 0.2) is 0 Å². The van der Waals surface area contributed by atoms with E-state index in [9.17, 15) is 4.79 Å². The lowest BCUT2D eigenvalue weighted by atomic mass is 9.96. The summed E-state index contributed by atoms with van der Waals surface area (Å²) in [5, 5.41) is 0. The number of aromatic nitrogens is 1. The number of carbonyl (C=O) groups is 1. The molecule has 0 aromatic carbocycles. The minimum atomic E-state index is 0.187. The van der Waals surface area contributed by atoms with Crippen molar-refractivity contribution in [2.24, 2.45) is 0 Å². The van der Waals surface area contributed by atoms with Gasteiger partial charge in [-0.1, -0.05) is 6.07 Å². The maximum atomic E-state index is 11.1. The van der Waals surface area contributed by atoms with Crippen LogP contribution in [0.2, 0.25) is 0 Å². The fourth-order valence-corrected chi connectivity index (χ4v) is 2.46. The van der Waals surface area contributed by atoms with Crippen LogP contribution in [0.25, 0.3) is 0 Å². The lowest BCUT2D eigenvalue weighted by Gasteiger charge is -2.34. The Morgan fingerprint density at radius 2 is 2.29 bits per heavy atom. The first-order chi connectivity index (χ1) is 8.24. The molecule has 0 saturated carbocycles. The third-order valence-electron chi connectivity index (χ3n) is 3.28. The van der Waals surface area contributed by atoms with E-state index >= 15 is 0 Å². The van der Waals surface area contributed by atoms with E-state index in [1.54, 1.807) is 6.20 Å². The van der Waals surface area contributed by atoms with Gasteiger partial charge in [-0.15, -0.1) is 0 Å². The Balaban J connectivity index is 2.34. The van der Waals surface area contributed by atoms with E-state index in [0.29, 0.717) is 0 Å². The minimum absolute atomic E-state index is 0.187. The molecule has 1 aromatic rings. The first-order valence-electron chi connectivity index (χ1n) is 6.07. The highest BCUT2D eigenvalue weighted by molar-refractivity contribution is 5.53. The van der Waals surface area contributed by atoms with Gasteiger partial charge in [-0.3, -0.25) is 4.79 Å².